The van der Waals surface area contributed by atoms with E-state index in [1.165, 1.54) is 0 Å². The van der Waals surface area contributed by atoms with E-state index in [9.17, 15) is 9.59 Å². The van der Waals surface area contributed by atoms with Crippen LogP contribution in [-0.2, 0) is 9.59 Å². The Bertz CT molecular complexity index is 972. The third kappa shape index (κ3) is 4.45. The number of unbranched alkanes of at least 4 members (excludes halogenated alkanes) is 1. The van der Waals surface area contributed by atoms with Gasteiger partial charge in [-0.05, 0) is 24.6 Å². The summed E-state index contributed by atoms with van der Waals surface area (Å²) in [7, 11) is 1.75. The number of hydroxylamine groups is 1. The molecule has 6 nitrogen and oxygen atoms in total. The third-order valence-corrected chi connectivity index (χ3v) is 4.47. The van der Waals surface area contributed by atoms with Gasteiger partial charge in [-0.2, -0.15) is 0 Å². The number of nitrogens with one attached hydrogen (secondary N) is 1. The molecule has 0 radical (unpaired) electrons. The van der Waals surface area contributed by atoms with Gasteiger partial charge >= 0.3 is 0 Å². The molecule has 2 aromatic carbocycles. The number of anilines is 1. The van der Waals surface area contributed by atoms with Gasteiger partial charge in [0.2, 0.25) is 11.8 Å². The van der Waals surface area contributed by atoms with Crippen molar-refractivity contribution >= 4 is 23.2 Å². The zero-order valence-corrected chi connectivity index (χ0v) is 15.6. The van der Waals surface area contributed by atoms with Gasteiger partial charge in [-0.1, -0.05) is 42.2 Å². The molecule has 142 valence electrons. The number of nitrogens with zero attached hydrogens (tertiary/aromatic N) is 2. The SMILES string of the molecule is CN1C(=O)CN=C(c2ccccc2)c2cc(C#CCCCC(=O)NO)ccc21. The summed E-state index contributed by atoms with van der Waals surface area (Å²) in [5, 5.41) is 8.49. The van der Waals surface area contributed by atoms with E-state index in [2.05, 4.69) is 16.8 Å². The normalized spacial score (nSPS) is 13.0. The lowest BCUT2D eigenvalue weighted by Gasteiger charge is -2.18. The van der Waals surface area contributed by atoms with Crippen molar-refractivity contribution in [2.45, 2.75) is 19.3 Å². The molecule has 2 amide bonds. The summed E-state index contributed by atoms with van der Waals surface area (Å²) >= 11 is 0. The number of benzene rings is 2. The highest BCUT2D eigenvalue weighted by Gasteiger charge is 2.22. The van der Waals surface area contributed by atoms with Crippen LogP contribution in [0.3, 0.4) is 0 Å². The Morgan fingerprint density at radius 3 is 2.79 bits per heavy atom. The molecule has 0 aromatic heterocycles. The van der Waals surface area contributed by atoms with Gasteiger partial charge in [-0.25, -0.2) is 5.48 Å². The zero-order chi connectivity index (χ0) is 19.9. The van der Waals surface area contributed by atoms with E-state index in [-0.39, 0.29) is 18.9 Å². The quantitative estimate of drug-likeness (QED) is 0.373. The molecular formula is C22H21N3O3. The molecule has 0 saturated carbocycles. The lowest BCUT2D eigenvalue weighted by Crippen LogP contribution is -2.27. The summed E-state index contributed by atoms with van der Waals surface area (Å²) in [6, 6.07) is 15.5. The fourth-order valence-electron chi connectivity index (χ4n) is 2.97. The van der Waals surface area contributed by atoms with E-state index in [1.807, 2.05) is 48.5 Å². The standard InChI is InChI=1S/C22H21N3O3/c1-25-19-13-12-16(8-4-2-7-11-20(26)24-28)14-18(19)22(23-15-21(25)27)17-9-5-3-6-10-17/h3,5-6,9-10,12-14,28H,2,7,11,15H2,1H3,(H,24,26). The maximum Gasteiger partial charge on any atom is 0.248 e. The van der Waals surface area contributed by atoms with Crippen molar-refractivity contribution in [1.82, 2.24) is 5.48 Å². The molecular weight excluding hydrogens is 354 g/mol. The zero-order valence-electron chi connectivity index (χ0n) is 15.6. The first-order valence-corrected chi connectivity index (χ1v) is 9.03. The van der Waals surface area contributed by atoms with Gasteiger partial charge in [-0.3, -0.25) is 19.8 Å². The number of hydrogen-bond acceptors (Lipinski definition) is 4. The second kappa shape index (κ2) is 8.98. The Balaban J connectivity index is 1.90. The molecule has 3 rings (SSSR count). The lowest BCUT2D eigenvalue weighted by molar-refractivity contribution is -0.129. The fraction of sp³-hybridized carbons (Fsp3) is 0.227. The van der Waals surface area contributed by atoms with Crippen molar-refractivity contribution in [3.8, 4) is 11.8 Å². The average molecular weight is 375 g/mol. The number of aliphatic imine (C=N–C) groups is 1. The number of amides is 2. The van der Waals surface area contributed by atoms with E-state index >= 15 is 0 Å². The van der Waals surface area contributed by atoms with E-state index < -0.39 is 5.91 Å². The molecule has 1 aliphatic rings. The van der Waals surface area contributed by atoms with E-state index in [4.69, 9.17) is 5.21 Å². The van der Waals surface area contributed by atoms with Crippen LogP contribution in [0.25, 0.3) is 0 Å². The van der Waals surface area contributed by atoms with Crippen LogP contribution in [0.2, 0.25) is 0 Å². The number of carbonyl (C=O) groups is 2. The third-order valence-electron chi connectivity index (χ3n) is 4.47. The highest BCUT2D eigenvalue weighted by Crippen LogP contribution is 2.27. The molecule has 0 aliphatic carbocycles. The van der Waals surface area contributed by atoms with Gasteiger partial charge in [0, 0.05) is 36.6 Å². The Kier molecular flexibility index (Phi) is 6.20. The van der Waals surface area contributed by atoms with Crippen LogP contribution in [0.15, 0.2) is 53.5 Å². The Morgan fingerprint density at radius 1 is 1.25 bits per heavy atom. The summed E-state index contributed by atoms with van der Waals surface area (Å²) in [5.74, 6) is 5.67. The van der Waals surface area contributed by atoms with Crippen LogP contribution in [-0.4, -0.2) is 36.3 Å². The highest BCUT2D eigenvalue weighted by atomic mass is 16.5. The minimum absolute atomic E-state index is 0.0619. The van der Waals surface area contributed by atoms with Gasteiger partial charge in [0.05, 0.1) is 11.4 Å². The first kappa shape index (κ1) is 19.3. The van der Waals surface area contributed by atoms with Crippen molar-refractivity contribution < 1.29 is 14.8 Å². The fourth-order valence-corrected chi connectivity index (χ4v) is 2.97. The Labute approximate surface area is 163 Å². The molecule has 2 aromatic rings. The summed E-state index contributed by atoms with van der Waals surface area (Å²) in [4.78, 5) is 29.5. The molecule has 1 heterocycles. The molecule has 6 heteroatoms. The maximum atomic E-state index is 12.3. The molecule has 0 atom stereocenters. The summed E-state index contributed by atoms with van der Waals surface area (Å²) in [6.45, 7) is 0.101. The number of likely N-dealkylation sites (N-methyl/N-ethyl adjacent to an activating group) is 1. The smallest absolute Gasteiger partial charge is 0.248 e. The lowest BCUT2D eigenvalue weighted by atomic mass is 9.98. The summed E-state index contributed by atoms with van der Waals surface area (Å²) in [6.07, 6.45) is 1.34. The Morgan fingerprint density at radius 2 is 2.04 bits per heavy atom. The van der Waals surface area contributed by atoms with Gasteiger partial charge in [0.1, 0.15) is 6.54 Å². The second-order valence-electron chi connectivity index (χ2n) is 6.41. The van der Waals surface area contributed by atoms with Crippen LogP contribution >= 0.6 is 0 Å². The molecule has 2 N–H and O–H groups in total. The minimum Gasteiger partial charge on any atom is -0.313 e. The molecule has 0 saturated heterocycles. The van der Waals surface area contributed by atoms with Gasteiger partial charge < -0.3 is 4.90 Å². The molecule has 0 unspecified atom stereocenters. The van der Waals surface area contributed by atoms with Gasteiger partial charge in [0.15, 0.2) is 0 Å². The van der Waals surface area contributed by atoms with Crippen molar-refractivity contribution in [3.05, 3.63) is 65.2 Å². The number of hydrogen-bond donors (Lipinski definition) is 2. The number of carbonyl (C=O) groups excluding carboxylic acids is 2. The monoisotopic (exact) mass is 375 g/mol. The van der Waals surface area contributed by atoms with Crippen LogP contribution in [0.4, 0.5) is 5.69 Å². The summed E-state index contributed by atoms with van der Waals surface area (Å²) in [5.41, 5.74) is 5.82. The first-order chi connectivity index (χ1) is 13.6. The van der Waals surface area contributed by atoms with E-state index in [0.29, 0.717) is 12.8 Å². The Hall–Kier alpha value is -3.43. The van der Waals surface area contributed by atoms with Crippen LogP contribution in [0.5, 0.6) is 0 Å². The predicted molar refractivity (Wildman–Crippen MR) is 107 cm³/mol. The van der Waals surface area contributed by atoms with Crippen molar-refractivity contribution in [2.75, 3.05) is 18.5 Å². The molecule has 0 fully saturated rings. The predicted octanol–water partition coefficient (Wildman–Crippen LogP) is 2.53. The number of rotatable bonds is 4. The molecule has 1 aliphatic heterocycles. The molecule has 28 heavy (non-hydrogen) atoms. The van der Waals surface area contributed by atoms with Crippen LogP contribution in [0, 0.1) is 11.8 Å². The number of fused-ring (bicyclic) bond motifs is 1. The van der Waals surface area contributed by atoms with Crippen LogP contribution < -0.4 is 10.4 Å². The van der Waals surface area contributed by atoms with E-state index in [0.717, 1.165) is 28.1 Å². The van der Waals surface area contributed by atoms with E-state index in [1.54, 1.807) is 17.4 Å². The van der Waals surface area contributed by atoms with Crippen molar-refractivity contribution in [1.29, 1.82) is 0 Å². The molecule has 0 spiro atoms. The second-order valence-corrected chi connectivity index (χ2v) is 6.41. The van der Waals surface area contributed by atoms with Gasteiger partial charge in [0.25, 0.3) is 0 Å². The molecule has 0 bridgehead atoms. The topological polar surface area (TPSA) is 82.0 Å². The first-order valence-electron chi connectivity index (χ1n) is 9.03. The van der Waals surface area contributed by atoms with Crippen molar-refractivity contribution in [2.24, 2.45) is 4.99 Å². The number of benzodiazepines with no additional fused rings is 1. The average Bonchev–Trinajstić information content (AvgIpc) is 2.85. The highest BCUT2D eigenvalue weighted by molar-refractivity contribution is 6.19. The summed E-state index contributed by atoms with van der Waals surface area (Å²) < 4.78 is 0. The maximum absolute atomic E-state index is 12.3. The minimum atomic E-state index is -0.414. The van der Waals surface area contributed by atoms with Gasteiger partial charge in [-0.15, -0.1) is 0 Å². The largest absolute Gasteiger partial charge is 0.313 e. The van der Waals surface area contributed by atoms with Crippen molar-refractivity contribution in [3.63, 3.8) is 0 Å². The van der Waals surface area contributed by atoms with Crippen LogP contribution in [0.1, 0.15) is 36.0 Å².